The summed E-state index contributed by atoms with van der Waals surface area (Å²) in [7, 11) is 1.88. The normalized spacial score (nSPS) is 13.2. The highest BCUT2D eigenvalue weighted by molar-refractivity contribution is 5.73. The van der Waals surface area contributed by atoms with Crippen LogP contribution in [0.5, 0.6) is 0 Å². The first-order chi connectivity index (χ1) is 13.2. The molecule has 2 unspecified atom stereocenters. The minimum absolute atomic E-state index is 0.902. The maximum absolute atomic E-state index is 3.93. The summed E-state index contributed by atoms with van der Waals surface area (Å²) in [6.45, 7) is 11.7. The minimum atomic E-state index is 0.902. The average Bonchev–Trinajstić information content (AvgIpc) is 3.08. The molecule has 0 radical (unpaired) electrons. The number of rotatable bonds is 12. The van der Waals surface area contributed by atoms with E-state index in [0.29, 0.717) is 0 Å². The zero-order chi connectivity index (χ0) is 19.9. The maximum atomic E-state index is 3.93. The molecule has 0 fully saturated rings. The Bertz CT molecular complexity index is 577. The molecule has 2 atom stereocenters. The van der Waals surface area contributed by atoms with Crippen molar-refractivity contribution in [2.75, 3.05) is 13.1 Å². The van der Waals surface area contributed by atoms with E-state index in [0.717, 1.165) is 22.9 Å². The second kappa shape index (κ2) is 14.6. The van der Waals surface area contributed by atoms with Crippen molar-refractivity contribution < 1.29 is 0 Å². The zero-order valence-electron chi connectivity index (χ0n) is 18.4. The third-order valence-electron chi connectivity index (χ3n) is 5.47. The highest BCUT2D eigenvalue weighted by Crippen LogP contribution is 2.14. The van der Waals surface area contributed by atoms with E-state index in [4.69, 9.17) is 0 Å². The predicted molar refractivity (Wildman–Crippen MR) is 118 cm³/mol. The molecule has 0 aliphatic carbocycles. The van der Waals surface area contributed by atoms with Crippen LogP contribution < -0.4 is 5.32 Å². The first-order valence-corrected chi connectivity index (χ1v) is 11.1. The second-order valence-corrected chi connectivity index (χ2v) is 7.69. The van der Waals surface area contributed by atoms with Gasteiger partial charge in [0.2, 0.25) is 0 Å². The van der Waals surface area contributed by atoms with E-state index in [1.54, 1.807) is 4.68 Å². The number of para-hydroxylation sites is 1. The molecule has 0 saturated carbocycles. The molecule has 1 aromatic heterocycles. The molecule has 1 aromatic carbocycles. The van der Waals surface area contributed by atoms with Crippen molar-refractivity contribution >= 4 is 11.0 Å². The lowest BCUT2D eigenvalue weighted by atomic mass is 9.97. The Balaban J connectivity index is 0.000000303. The summed E-state index contributed by atoms with van der Waals surface area (Å²) in [6.07, 6.45) is 10.9. The SMILES string of the molecule is CCCCC(CC)CNCC(CC)CCCC.Cn1nnc2ccccc21. The van der Waals surface area contributed by atoms with Crippen molar-refractivity contribution in [2.24, 2.45) is 18.9 Å². The van der Waals surface area contributed by atoms with E-state index in [1.165, 1.54) is 64.5 Å². The van der Waals surface area contributed by atoms with Gasteiger partial charge in [0.05, 0.1) is 5.52 Å². The number of fused-ring (bicyclic) bond motifs is 1. The van der Waals surface area contributed by atoms with Crippen LogP contribution >= 0.6 is 0 Å². The van der Waals surface area contributed by atoms with Gasteiger partial charge in [-0.25, -0.2) is 4.68 Å². The summed E-state index contributed by atoms with van der Waals surface area (Å²) in [6, 6.07) is 7.88. The predicted octanol–water partition coefficient (Wildman–Crippen LogP) is 5.98. The van der Waals surface area contributed by atoms with Gasteiger partial charge < -0.3 is 5.32 Å². The van der Waals surface area contributed by atoms with Crippen LogP contribution in [0.25, 0.3) is 11.0 Å². The topological polar surface area (TPSA) is 42.7 Å². The number of aryl methyl sites for hydroxylation is 1. The van der Waals surface area contributed by atoms with Gasteiger partial charge in [0.25, 0.3) is 0 Å². The first kappa shape index (κ1) is 23.6. The van der Waals surface area contributed by atoms with E-state index in [-0.39, 0.29) is 0 Å². The van der Waals surface area contributed by atoms with E-state index in [2.05, 4.69) is 43.3 Å². The molecule has 2 aromatic rings. The lowest BCUT2D eigenvalue weighted by Crippen LogP contribution is -2.28. The largest absolute Gasteiger partial charge is 0.316 e. The minimum Gasteiger partial charge on any atom is -0.316 e. The van der Waals surface area contributed by atoms with Crippen LogP contribution in [-0.2, 0) is 7.05 Å². The van der Waals surface area contributed by atoms with E-state index in [9.17, 15) is 0 Å². The number of benzene rings is 1. The van der Waals surface area contributed by atoms with Gasteiger partial charge in [-0.15, -0.1) is 5.10 Å². The molecule has 4 heteroatoms. The monoisotopic (exact) mass is 374 g/mol. The summed E-state index contributed by atoms with van der Waals surface area (Å²) in [5.41, 5.74) is 2.02. The van der Waals surface area contributed by atoms with Crippen molar-refractivity contribution in [3.05, 3.63) is 24.3 Å². The number of nitrogens with zero attached hydrogens (tertiary/aromatic N) is 3. The van der Waals surface area contributed by atoms with Crippen LogP contribution in [0, 0.1) is 11.8 Å². The van der Waals surface area contributed by atoms with Gasteiger partial charge in [0.15, 0.2) is 0 Å². The molecular formula is C23H42N4. The van der Waals surface area contributed by atoms with Gasteiger partial charge >= 0.3 is 0 Å². The Morgan fingerprint density at radius 3 is 1.93 bits per heavy atom. The van der Waals surface area contributed by atoms with E-state index < -0.39 is 0 Å². The highest BCUT2D eigenvalue weighted by Gasteiger charge is 2.08. The standard InChI is InChI=1S/C16H35N.C7H7N3/c1-5-9-11-15(7-3)13-17-14-16(8-4)12-10-6-2;1-10-7-5-3-2-4-6(7)8-9-10/h15-17H,5-14H2,1-4H3;2-5H,1H3. The van der Waals surface area contributed by atoms with Crippen LogP contribution in [0.4, 0.5) is 0 Å². The Kier molecular flexibility index (Phi) is 12.8. The molecule has 0 aliphatic rings. The van der Waals surface area contributed by atoms with Crippen LogP contribution in [-0.4, -0.2) is 28.1 Å². The van der Waals surface area contributed by atoms with Crippen molar-refractivity contribution in [1.82, 2.24) is 20.3 Å². The molecule has 1 N–H and O–H groups in total. The highest BCUT2D eigenvalue weighted by atomic mass is 15.4. The van der Waals surface area contributed by atoms with Crippen molar-refractivity contribution in [3.63, 3.8) is 0 Å². The Labute approximate surface area is 167 Å². The molecule has 0 aliphatic heterocycles. The number of unbranched alkanes of at least 4 members (excludes halogenated alkanes) is 2. The quantitative estimate of drug-likeness (QED) is 0.497. The summed E-state index contributed by atoms with van der Waals surface area (Å²) < 4.78 is 1.76. The van der Waals surface area contributed by atoms with Crippen molar-refractivity contribution in [2.45, 2.75) is 79.1 Å². The van der Waals surface area contributed by atoms with Gasteiger partial charge in [0, 0.05) is 7.05 Å². The van der Waals surface area contributed by atoms with Gasteiger partial charge in [-0.3, -0.25) is 0 Å². The number of aromatic nitrogens is 3. The third kappa shape index (κ3) is 9.37. The lowest BCUT2D eigenvalue weighted by molar-refractivity contribution is 0.372. The van der Waals surface area contributed by atoms with Crippen LogP contribution in [0.15, 0.2) is 24.3 Å². The molecular weight excluding hydrogens is 332 g/mol. The number of nitrogens with one attached hydrogen (secondary N) is 1. The maximum Gasteiger partial charge on any atom is 0.113 e. The van der Waals surface area contributed by atoms with Crippen molar-refractivity contribution in [3.8, 4) is 0 Å². The van der Waals surface area contributed by atoms with Crippen LogP contribution in [0.3, 0.4) is 0 Å². The molecule has 0 bridgehead atoms. The Morgan fingerprint density at radius 2 is 1.44 bits per heavy atom. The summed E-state index contributed by atoms with van der Waals surface area (Å²) in [5, 5.41) is 11.5. The van der Waals surface area contributed by atoms with Crippen molar-refractivity contribution in [1.29, 1.82) is 0 Å². The second-order valence-electron chi connectivity index (χ2n) is 7.69. The molecule has 27 heavy (non-hydrogen) atoms. The average molecular weight is 375 g/mol. The Morgan fingerprint density at radius 1 is 0.889 bits per heavy atom. The molecule has 154 valence electrons. The molecule has 4 nitrogen and oxygen atoms in total. The van der Waals surface area contributed by atoms with Gasteiger partial charge in [-0.05, 0) is 49.9 Å². The van der Waals surface area contributed by atoms with Crippen LogP contribution in [0.1, 0.15) is 79.1 Å². The summed E-state index contributed by atoms with van der Waals surface area (Å²) in [5.74, 6) is 1.80. The fraction of sp³-hybridized carbons (Fsp3) is 0.739. The lowest BCUT2D eigenvalue weighted by Gasteiger charge is -2.19. The van der Waals surface area contributed by atoms with E-state index >= 15 is 0 Å². The zero-order valence-corrected chi connectivity index (χ0v) is 18.4. The van der Waals surface area contributed by atoms with Crippen LogP contribution in [0.2, 0.25) is 0 Å². The first-order valence-electron chi connectivity index (χ1n) is 11.1. The van der Waals surface area contributed by atoms with Gasteiger partial charge in [0.1, 0.15) is 5.52 Å². The Hall–Kier alpha value is -1.42. The molecule has 1 heterocycles. The molecule has 0 amide bonds. The molecule has 0 saturated heterocycles. The van der Waals surface area contributed by atoms with Gasteiger partial charge in [-0.2, -0.15) is 0 Å². The fourth-order valence-corrected chi connectivity index (χ4v) is 3.36. The summed E-state index contributed by atoms with van der Waals surface area (Å²) in [4.78, 5) is 0. The molecule has 2 rings (SSSR count). The number of hydrogen-bond donors (Lipinski definition) is 1. The van der Waals surface area contributed by atoms with Gasteiger partial charge in [-0.1, -0.05) is 83.6 Å². The molecule has 0 spiro atoms. The number of hydrogen-bond acceptors (Lipinski definition) is 3. The summed E-state index contributed by atoms with van der Waals surface area (Å²) >= 11 is 0. The third-order valence-corrected chi connectivity index (χ3v) is 5.47. The fourth-order valence-electron chi connectivity index (χ4n) is 3.36. The van der Waals surface area contributed by atoms with E-state index in [1.807, 2.05) is 31.3 Å². The smallest absolute Gasteiger partial charge is 0.113 e.